The lowest BCUT2D eigenvalue weighted by atomic mass is 10.2. The molecule has 0 radical (unpaired) electrons. The average Bonchev–Trinajstić information content (AvgIpc) is 2.95. The van der Waals surface area contributed by atoms with Crippen molar-refractivity contribution in [1.29, 1.82) is 0 Å². The summed E-state index contributed by atoms with van der Waals surface area (Å²) in [6, 6.07) is 9.24. The highest BCUT2D eigenvalue weighted by Crippen LogP contribution is 2.24. The quantitative estimate of drug-likeness (QED) is 0.852. The molecule has 22 heavy (non-hydrogen) atoms. The fraction of sp³-hybridized carbons (Fsp3) is 0.400. The van der Waals surface area contributed by atoms with Gasteiger partial charge in [-0.15, -0.1) is 0 Å². The zero-order valence-electron chi connectivity index (χ0n) is 12.4. The Bertz CT molecular complexity index is 728. The molecule has 1 aliphatic heterocycles. The minimum Gasteiger partial charge on any atom is -0.371 e. The molecule has 1 saturated heterocycles. The molecule has 118 valence electrons. The van der Waals surface area contributed by atoms with Crippen LogP contribution in [0.5, 0.6) is 0 Å². The first kappa shape index (κ1) is 15.2. The Balaban J connectivity index is 1.73. The van der Waals surface area contributed by atoms with Crippen molar-refractivity contribution in [2.45, 2.75) is 11.9 Å². The Kier molecular flexibility index (Phi) is 4.28. The second-order valence-electron chi connectivity index (χ2n) is 5.41. The Labute approximate surface area is 130 Å². The molecule has 0 aliphatic carbocycles. The van der Waals surface area contributed by atoms with Crippen LogP contribution >= 0.6 is 0 Å². The van der Waals surface area contributed by atoms with E-state index in [2.05, 4.69) is 5.10 Å². The summed E-state index contributed by atoms with van der Waals surface area (Å²) in [5.41, 5.74) is 1.70. The second-order valence-corrected chi connectivity index (χ2v) is 7.38. The molecule has 0 amide bonds. The minimum atomic E-state index is -3.34. The zero-order chi connectivity index (χ0) is 15.6. The largest absolute Gasteiger partial charge is 0.371 e. The van der Waals surface area contributed by atoms with E-state index in [0.29, 0.717) is 19.7 Å². The fourth-order valence-corrected chi connectivity index (χ4v) is 4.07. The Hall–Kier alpha value is -1.70. The van der Waals surface area contributed by atoms with Gasteiger partial charge in [-0.3, -0.25) is 4.68 Å². The van der Waals surface area contributed by atoms with E-state index in [1.54, 1.807) is 10.9 Å². The van der Waals surface area contributed by atoms with Gasteiger partial charge < -0.3 is 4.74 Å². The molecular weight excluding hydrogens is 302 g/mol. The number of aromatic nitrogens is 2. The lowest BCUT2D eigenvalue weighted by Gasteiger charge is -2.31. The van der Waals surface area contributed by atoms with Gasteiger partial charge in [-0.1, -0.05) is 30.3 Å². The zero-order valence-corrected chi connectivity index (χ0v) is 13.2. The molecule has 0 unspecified atom stereocenters. The monoisotopic (exact) mass is 321 g/mol. The van der Waals surface area contributed by atoms with Gasteiger partial charge in [-0.25, -0.2) is 8.42 Å². The second kappa shape index (κ2) is 6.20. The van der Waals surface area contributed by atoms with Crippen molar-refractivity contribution in [2.24, 2.45) is 7.05 Å². The molecule has 1 aliphatic rings. The van der Waals surface area contributed by atoms with Crippen molar-refractivity contribution in [3.8, 4) is 0 Å². The number of nitrogens with zero attached hydrogens (tertiary/aromatic N) is 3. The van der Waals surface area contributed by atoms with Crippen molar-refractivity contribution in [3.05, 3.63) is 53.9 Å². The molecule has 1 aromatic heterocycles. The third kappa shape index (κ3) is 3.37. The van der Waals surface area contributed by atoms with Gasteiger partial charge in [0.05, 0.1) is 24.7 Å². The average molecular weight is 321 g/mol. The number of benzene rings is 1. The van der Waals surface area contributed by atoms with Crippen LogP contribution in [0.1, 0.15) is 17.2 Å². The standard InChI is InChI=1S/C15H19N3O3S/c1-17-10-14(9-16-17)15-11-18(7-8-21-15)22(19,20)12-13-5-3-2-4-6-13/h2-6,9-10,15H,7-8,11-12H2,1H3/t15-/m1/s1. The first-order chi connectivity index (χ1) is 10.5. The summed E-state index contributed by atoms with van der Waals surface area (Å²) < 4.78 is 34.1. The van der Waals surface area contributed by atoms with E-state index < -0.39 is 10.0 Å². The summed E-state index contributed by atoms with van der Waals surface area (Å²) in [5, 5.41) is 4.12. The molecule has 6 nitrogen and oxygen atoms in total. The van der Waals surface area contributed by atoms with Gasteiger partial charge in [0.2, 0.25) is 10.0 Å². The first-order valence-corrected chi connectivity index (χ1v) is 8.77. The maximum atomic E-state index is 12.6. The van der Waals surface area contributed by atoms with Crippen LogP contribution in [0.2, 0.25) is 0 Å². The number of aryl methyl sites for hydroxylation is 1. The summed E-state index contributed by atoms with van der Waals surface area (Å²) in [5.74, 6) is 0.0214. The van der Waals surface area contributed by atoms with E-state index in [1.807, 2.05) is 43.6 Å². The molecule has 0 N–H and O–H groups in total. The minimum absolute atomic E-state index is 0.0214. The lowest BCUT2D eigenvalue weighted by molar-refractivity contribution is -0.00263. The summed E-state index contributed by atoms with van der Waals surface area (Å²) in [7, 11) is -1.51. The number of sulfonamides is 1. The van der Waals surface area contributed by atoms with E-state index in [-0.39, 0.29) is 11.9 Å². The predicted octanol–water partition coefficient (Wildman–Crippen LogP) is 1.32. The topological polar surface area (TPSA) is 64.4 Å². The maximum Gasteiger partial charge on any atom is 0.218 e. The summed E-state index contributed by atoms with van der Waals surface area (Å²) in [4.78, 5) is 0. The number of morpholine rings is 1. The Morgan fingerprint density at radius 1 is 1.32 bits per heavy atom. The smallest absolute Gasteiger partial charge is 0.218 e. The van der Waals surface area contributed by atoms with E-state index in [0.717, 1.165) is 11.1 Å². The van der Waals surface area contributed by atoms with Crippen molar-refractivity contribution in [1.82, 2.24) is 14.1 Å². The third-order valence-corrected chi connectivity index (χ3v) is 5.53. The fourth-order valence-electron chi connectivity index (χ4n) is 2.56. The highest BCUT2D eigenvalue weighted by molar-refractivity contribution is 7.88. The van der Waals surface area contributed by atoms with Crippen LogP contribution in [0.15, 0.2) is 42.7 Å². The van der Waals surface area contributed by atoms with Crippen LogP contribution in [-0.4, -0.2) is 42.2 Å². The van der Waals surface area contributed by atoms with Gasteiger partial charge in [-0.2, -0.15) is 9.40 Å². The van der Waals surface area contributed by atoms with Gasteiger partial charge in [-0.05, 0) is 5.56 Å². The molecule has 2 aromatic rings. The maximum absolute atomic E-state index is 12.6. The highest BCUT2D eigenvalue weighted by atomic mass is 32.2. The van der Waals surface area contributed by atoms with Crippen LogP contribution in [-0.2, 0) is 27.6 Å². The molecule has 0 spiro atoms. The molecule has 7 heteroatoms. The molecule has 1 fully saturated rings. The number of rotatable bonds is 4. The van der Waals surface area contributed by atoms with Gasteiger partial charge >= 0.3 is 0 Å². The van der Waals surface area contributed by atoms with E-state index in [9.17, 15) is 8.42 Å². The van der Waals surface area contributed by atoms with Crippen molar-refractivity contribution >= 4 is 10.0 Å². The molecule has 3 rings (SSSR count). The van der Waals surface area contributed by atoms with Crippen LogP contribution in [0, 0.1) is 0 Å². The molecule has 2 heterocycles. The summed E-state index contributed by atoms with van der Waals surface area (Å²) in [6.07, 6.45) is 3.32. The van der Waals surface area contributed by atoms with Crippen molar-refractivity contribution < 1.29 is 13.2 Å². The van der Waals surface area contributed by atoms with Crippen LogP contribution < -0.4 is 0 Å². The van der Waals surface area contributed by atoms with Crippen LogP contribution in [0.25, 0.3) is 0 Å². The van der Waals surface area contributed by atoms with Crippen molar-refractivity contribution in [3.63, 3.8) is 0 Å². The van der Waals surface area contributed by atoms with E-state index in [4.69, 9.17) is 4.74 Å². The normalized spacial score (nSPS) is 20.1. The molecule has 0 bridgehead atoms. The third-order valence-electron chi connectivity index (χ3n) is 3.71. The number of hydrogen-bond acceptors (Lipinski definition) is 4. The predicted molar refractivity (Wildman–Crippen MR) is 82.5 cm³/mol. The van der Waals surface area contributed by atoms with Gasteiger partial charge in [0.1, 0.15) is 0 Å². The van der Waals surface area contributed by atoms with Crippen LogP contribution in [0.3, 0.4) is 0 Å². The van der Waals surface area contributed by atoms with E-state index in [1.165, 1.54) is 4.31 Å². The lowest BCUT2D eigenvalue weighted by Crippen LogP contribution is -2.42. The molecule has 1 aromatic carbocycles. The Morgan fingerprint density at radius 3 is 2.77 bits per heavy atom. The van der Waals surface area contributed by atoms with Gasteiger partial charge in [0, 0.05) is 31.9 Å². The SMILES string of the molecule is Cn1cc([C@H]2CN(S(=O)(=O)Cc3ccccc3)CCO2)cn1. The summed E-state index contributed by atoms with van der Waals surface area (Å²) >= 11 is 0. The molecular formula is C15H19N3O3S. The molecule has 0 saturated carbocycles. The Morgan fingerprint density at radius 2 is 2.09 bits per heavy atom. The molecule has 1 atom stereocenters. The number of hydrogen-bond donors (Lipinski definition) is 0. The summed E-state index contributed by atoms with van der Waals surface area (Å²) in [6.45, 7) is 1.13. The van der Waals surface area contributed by atoms with E-state index >= 15 is 0 Å². The van der Waals surface area contributed by atoms with Gasteiger partial charge in [0.25, 0.3) is 0 Å². The van der Waals surface area contributed by atoms with Gasteiger partial charge in [0.15, 0.2) is 0 Å². The number of ether oxygens (including phenoxy) is 1. The van der Waals surface area contributed by atoms with Crippen molar-refractivity contribution in [2.75, 3.05) is 19.7 Å². The van der Waals surface area contributed by atoms with Crippen LogP contribution in [0.4, 0.5) is 0 Å². The first-order valence-electron chi connectivity index (χ1n) is 7.16. The highest BCUT2D eigenvalue weighted by Gasteiger charge is 2.30.